The van der Waals surface area contributed by atoms with E-state index in [1.54, 1.807) is 0 Å². The molecule has 1 aromatic heterocycles. The summed E-state index contributed by atoms with van der Waals surface area (Å²) in [4.78, 5) is 23.0. The van der Waals surface area contributed by atoms with Crippen molar-refractivity contribution in [3.8, 4) is 0 Å². The zero-order valence-electron chi connectivity index (χ0n) is 9.32. The molecule has 1 N–H and O–H groups in total. The highest BCUT2D eigenvalue weighted by molar-refractivity contribution is 5.92. The number of aromatic nitrogens is 1. The van der Waals surface area contributed by atoms with Gasteiger partial charge in [-0.1, -0.05) is 0 Å². The summed E-state index contributed by atoms with van der Waals surface area (Å²) in [7, 11) is 1.50. The Bertz CT molecular complexity index is 688. The van der Waals surface area contributed by atoms with E-state index in [1.807, 2.05) is 0 Å². The van der Waals surface area contributed by atoms with Crippen LogP contribution in [0.5, 0.6) is 0 Å². The van der Waals surface area contributed by atoms with Crippen molar-refractivity contribution in [3.05, 3.63) is 45.5 Å². The average molecular weight is 235 g/mol. The number of hydrogen-bond acceptors (Lipinski definition) is 2. The first-order valence-corrected chi connectivity index (χ1v) is 4.95. The molecule has 4 nitrogen and oxygen atoms in total. The van der Waals surface area contributed by atoms with Crippen LogP contribution in [0.4, 0.5) is 4.39 Å². The van der Waals surface area contributed by atoms with E-state index < -0.39 is 11.8 Å². The SMILES string of the molecule is Cc1c(C(=O)O)n(C)c2cc(F)ccc2c1=O. The monoisotopic (exact) mass is 235 g/mol. The van der Waals surface area contributed by atoms with Crippen LogP contribution in [0.2, 0.25) is 0 Å². The molecule has 2 rings (SSSR count). The Morgan fingerprint density at radius 2 is 2.06 bits per heavy atom. The van der Waals surface area contributed by atoms with Gasteiger partial charge in [-0.05, 0) is 25.1 Å². The third-order valence-corrected chi connectivity index (χ3v) is 2.80. The maximum Gasteiger partial charge on any atom is 0.352 e. The smallest absolute Gasteiger partial charge is 0.352 e. The fourth-order valence-corrected chi connectivity index (χ4v) is 1.96. The molecule has 0 spiro atoms. The minimum absolute atomic E-state index is 0.117. The van der Waals surface area contributed by atoms with Crippen molar-refractivity contribution < 1.29 is 14.3 Å². The van der Waals surface area contributed by atoms with Crippen LogP contribution < -0.4 is 5.43 Å². The second kappa shape index (κ2) is 3.69. The summed E-state index contributed by atoms with van der Waals surface area (Å²) in [5.74, 6) is -1.71. The third-order valence-electron chi connectivity index (χ3n) is 2.80. The second-order valence-electron chi connectivity index (χ2n) is 3.83. The van der Waals surface area contributed by atoms with E-state index in [2.05, 4.69) is 0 Å². The van der Waals surface area contributed by atoms with Crippen molar-refractivity contribution in [1.29, 1.82) is 0 Å². The summed E-state index contributed by atoms with van der Waals surface area (Å²) >= 11 is 0. The van der Waals surface area contributed by atoms with Crippen LogP contribution in [0.1, 0.15) is 16.1 Å². The van der Waals surface area contributed by atoms with E-state index in [4.69, 9.17) is 5.11 Å². The van der Waals surface area contributed by atoms with E-state index >= 15 is 0 Å². The third kappa shape index (κ3) is 1.60. The second-order valence-corrected chi connectivity index (χ2v) is 3.83. The highest BCUT2D eigenvalue weighted by Crippen LogP contribution is 2.16. The zero-order valence-corrected chi connectivity index (χ0v) is 9.32. The average Bonchev–Trinajstić information content (AvgIpc) is 2.26. The molecule has 0 aliphatic rings. The number of carbonyl (C=O) groups is 1. The van der Waals surface area contributed by atoms with Crippen molar-refractivity contribution in [1.82, 2.24) is 4.57 Å². The molecular formula is C12H10FNO3. The van der Waals surface area contributed by atoms with Crippen LogP contribution >= 0.6 is 0 Å². The zero-order chi connectivity index (χ0) is 12.7. The summed E-state index contributed by atoms with van der Waals surface area (Å²) < 4.78 is 14.4. The molecule has 0 aliphatic carbocycles. The molecule has 0 aliphatic heterocycles. The normalized spacial score (nSPS) is 10.8. The van der Waals surface area contributed by atoms with Gasteiger partial charge in [0.1, 0.15) is 11.5 Å². The summed E-state index contributed by atoms with van der Waals surface area (Å²) in [5, 5.41) is 9.36. The Hall–Kier alpha value is -2.17. The quantitative estimate of drug-likeness (QED) is 0.818. The van der Waals surface area contributed by atoms with Crippen LogP contribution in [0.25, 0.3) is 10.9 Å². The lowest BCUT2D eigenvalue weighted by Crippen LogP contribution is -2.20. The molecule has 88 valence electrons. The van der Waals surface area contributed by atoms with Gasteiger partial charge in [0.2, 0.25) is 0 Å². The maximum absolute atomic E-state index is 13.1. The highest BCUT2D eigenvalue weighted by Gasteiger charge is 2.17. The van der Waals surface area contributed by atoms with E-state index in [-0.39, 0.29) is 22.2 Å². The summed E-state index contributed by atoms with van der Waals surface area (Å²) in [6.45, 7) is 1.45. The van der Waals surface area contributed by atoms with Crippen LogP contribution in [-0.4, -0.2) is 15.6 Å². The summed E-state index contributed by atoms with van der Waals surface area (Å²) in [5.41, 5.74) is -0.0688. The molecule has 1 aromatic carbocycles. The number of benzene rings is 1. The Morgan fingerprint density at radius 3 is 2.65 bits per heavy atom. The van der Waals surface area contributed by atoms with Crippen LogP contribution in [-0.2, 0) is 7.05 Å². The standard InChI is InChI=1S/C12H10FNO3/c1-6-10(12(16)17)14(2)9-5-7(13)3-4-8(9)11(6)15/h3-5H,1-2H3,(H,16,17). The first-order valence-electron chi connectivity index (χ1n) is 4.95. The van der Waals surface area contributed by atoms with Crippen LogP contribution in [0, 0.1) is 12.7 Å². The lowest BCUT2D eigenvalue weighted by Gasteiger charge is -2.11. The molecule has 17 heavy (non-hydrogen) atoms. The number of halogens is 1. The Kier molecular flexibility index (Phi) is 2.46. The number of aryl methyl sites for hydroxylation is 1. The van der Waals surface area contributed by atoms with Crippen molar-refractivity contribution in [3.63, 3.8) is 0 Å². The van der Waals surface area contributed by atoms with Crippen molar-refractivity contribution in [2.45, 2.75) is 6.92 Å². The Labute approximate surface area is 95.9 Å². The molecule has 0 unspecified atom stereocenters. The predicted octanol–water partition coefficient (Wildman–Crippen LogP) is 1.68. The number of carboxylic acid groups (broad SMARTS) is 1. The van der Waals surface area contributed by atoms with Gasteiger partial charge in [-0.15, -0.1) is 0 Å². The largest absolute Gasteiger partial charge is 0.477 e. The van der Waals surface area contributed by atoms with Crippen molar-refractivity contribution in [2.24, 2.45) is 7.05 Å². The van der Waals surface area contributed by atoms with E-state index in [0.29, 0.717) is 5.39 Å². The van der Waals surface area contributed by atoms with Gasteiger partial charge in [-0.3, -0.25) is 4.79 Å². The van der Waals surface area contributed by atoms with Gasteiger partial charge in [0, 0.05) is 18.0 Å². The van der Waals surface area contributed by atoms with Gasteiger partial charge in [0.25, 0.3) is 0 Å². The molecule has 5 heteroatoms. The molecule has 0 saturated heterocycles. The van der Waals surface area contributed by atoms with Crippen molar-refractivity contribution >= 4 is 16.9 Å². The van der Waals surface area contributed by atoms with Gasteiger partial charge >= 0.3 is 5.97 Å². The number of nitrogens with zero attached hydrogens (tertiary/aromatic N) is 1. The van der Waals surface area contributed by atoms with Gasteiger partial charge < -0.3 is 9.67 Å². The molecule has 1 heterocycles. The first kappa shape index (κ1) is 11.3. The Balaban J connectivity index is 3.06. The molecule has 0 radical (unpaired) electrons. The number of aromatic carboxylic acids is 1. The number of fused-ring (bicyclic) bond motifs is 1. The van der Waals surface area contributed by atoms with E-state index in [0.717, 1.165) is 6.07 Å². The number of carboxylic acids is 1. The van der Waals surface area contributed by atoms with Crippen LogP contribution in [0.3, 0.4) is 0 Å². The highest BCUT2D eigenvalue weighted by atomic mass is 19.1. The Morgan fingerprint density at radius 1 is 1.41 bits per heavy atom. The fourth-order valence-electron chi connectivity index (χ4n) is 1.96. The topological polar surface area (TPSA) is 59.3 Å². The lowest BCUT2D eigenvalue weighted by molar-refractivity contribution is 0.0685. The number of hydrogen-bond donors (Lipinski definition) is 1. The summed E-state index contributed by atoms with van der Waals surface area (Å²) in [6, 6.07) is 3.71. The number of rotatable bonds is 1. The first-order chi connectivity index (χ1) is 7.93. The fraction of sp³-hybridized carbons (Fsp3) is 0.167. The predicted molar refractivity (Wildman–Crippen MR) is 60.8 cm³/mol. The van der Waals surface area contributed by atoms with Gasteiger partial charge in [-0.2, -0.15) is 0 Å². The van der Waals surface area contributed by atoms with Gasteiger partial charge in [0.05, 0.1) is 5.52 Å². The van der Waals surface area contributed by atoms with E-state index in [1.165, 1.54) is 30.7 Å². The van der Waals surface area contributed by atoms with Crippen LogP contribution in [0.15, 0.2) is 23.0 Å². The maximum atomic E-state index is 13.1. The molecule has 0 amide bonds. The lowest BCUT2D eigenvalue weighted by atomic mass is 10.1. The molecule has 2 aromatic rings. The molecule has 0 saturated carbocycles. The minimum atomic E-state index is -1.20. The molecule has 0 fully saturated rings. The van der Waals surface area contributed by atoms with E-state index in [9.17, 15) is 14.0 Å². The minimum Gasteiger partial charge on any atom is -0.477 e. The molecule has 0 atom stereocenters. The molecule has 0 bridgehead atoms. The van der Waals surface area contributed by atoms with Gasteiger partial charge in [0.15, 0.2) is 5.43 Å². The van der Waals surface area contributed by atoms with Gasteiger partial charge in [-0.25, -0.2) is 9.18 Å². The van der Waals surface area contributed by atoms with Crippen molar-refractivity contribution in [2.75, 3.05) is 0 Å². The summed E-state index contributed by atoms with van der Waals surface area (Å²) in [6.07, 6.45) is 0. The molecular weight excluding hydrogens is 225 g/mol. The number of pyridine rings is 1.